The second-order valence-corrected chi connectivity index (χ2v) is 13.5. The fourth-order valence-electron chi connectivity index (χ4n) is 3.21. The van der Waals surface area contributed by atoms with Crippen molar-refractivity contribution in [2.24, 2.45) is 0 Å². The number of allylic oxidation sites excluding steroid dienone is 1. The Labute approximate surface area is 212 Å². The van der Waals surface area contributed by atoms with E-state index in [1.807, 2.05) is 0 Å². The molecule has 12 nitrogen and oxygen atoms in total. The Morgan fingerprint density at radius 3 is 2.63 bits per heavy atom. The Kier molecular flexibility index (Phi) is 10.4. The quantitative estimate of drug-likeness (QED) is 0.163. The topological polar surface area (TPSA) is 158 Å². The number of ether oxygens (including phenoxy) is 3. The average molecular weight is 557 g/mol. The van der Waals surface area contributed by atoms with Gasteiger partial charge in [-0.05, 0) is 45.2 Å². The summed E-state index contributed by atoms with van der Waals surface area (Å²) in [6.07, 6.45) is -1.97. The van der Waals surface area contributed by atoms with Crippen LogP contribution < -0.4 is 5.09 Å². The molecule has 0 aromatic carbocycles. The van der Waals surface area contributed by atoms with E-state index in [1.54, 1.807) is 13.8 Å². The molecule has 15 heteroatoms. The number of nitrogens with zero attached hydrogens (tertiary/aromatic N) is 1. The number of methoxy groups -OCH3 is 1. The lowest BCUT2D eigenvalue weighted by atomic mass is 9.99. The summed E-state index contributed by atoms with van der Waals surface area (Å²) < 4.78 is 34.4. The summed E-state index contributed by atoms with van der Waals surface area (Å²) in [6, 6.07) is -1.05. The third-order valence-corrected chi connectivity index (χ3v) is 9.40. The molecule has 2 N–H and O–H groups in total. The fraction of sp³-hybridized carbons (Fsp3) is 0.700. The van der Waals surface area contributed by atoms with Crippen LogP contribution in [0.4, 0.5) is 0 Å². The number of rotatable bonds is 11. The number of hydrogen-bond acceptors (Lipinski definition) is 11. The van der Waals surface area contributed by atoms with E-state index in [0.29, 0.717) is 11.4 Å². The molecule has 0 aromatic rings. The second-order valence-electron chi connectivity index (χ2n) is 8.36. The first-order valence-corrected chi connectivity index (χ1v) is 14.3. The minimum Gasteiger partial charge on any atom is -0.468 e. The molecule has 0 saturated carbocycles. The molecule has 0 aliphatic carbocycles. The minimum atomic E-state index is -3.94. The van der Waals surface area contributed by atoms with Crippen LogP contribution in [-0.4, -0.2) is 88.6 Å². The van der Waals surface area contributed by atoms with E-state index in [4.69, 9.17) is 25.6 Å². The zero-order chi connectivity index (χ0) is 26.6. The van der Waals surface area contributed by atoms with Crippen LogP contribution in [0.15, 0.2) is 12.3 Å². The summed E-state index contributed by atoms with van der Waals surface area (Å²) in [7, 11) is 1.17. The number of amides is 1. The maximum Gasteiger partial charge on any atom is 0.327 e. The van der Waals surface area contributed by atoms with Crippen molar-refractivity contribution in [1.29, 1.82) is 0 Å². The van der Waals surface area contributed by atoms with Crippen molar-refractivity contribution in [2.75, 3.05) is 19.5 Å². The molecule has 2 heterocycles. The molecule has 0 spiro atoms. The van der Waals surface area contributed by atoms with Crippen molar-refractivity contribution < 1.29 is 47.6 Å². The zero-order valence-electron chi connectivity index (χ0n) is 20.0. The number of carbonyl (C=O) groups excluding carboxylic acids is 4. The number of hydrogen-bond donors (Lipinski definition) is 2. The van der Waals surface area contributed by atoms with E-state index in [0.717, 1.165) is 4.90 Å². The van der Waals surface area contributed by atoms with E-state index in [2.05, 4.69) is 9.82 Å². The minimum absolute atomic E-state index is 0.349. The van der Waals surface area contributed by atoms with Gasteiger partial charge in [0.15, 0.2) is 12.0 Å². The lowest BCUT2D eigenvalue weighted by molar-refractivity contribution is -0.149. The molecule has 6 atom stereocenters. The van der Waals surface area contributed by atoms with Crippen LogP contribution in [0.1, 0.15) is 34.1 Å². The van der Waals surface area contributed by atoms with Crippen molar-refractivity contribution in [1.82, 2.24) is 9.99 Å². The zero-order valence-corrected chi connectivity index (χ0v) is 22.4. The third kappa shape index (κ3) is 7.75. The number of aliphatic hydroxyl groups excluding tert-OH is 1. The van der Waals surface area contributed by atoms with E-state index < -0.39 is 66.6 Å². The summed E-state index contributed by atoms with van der Waals surface area (Å²) in [6.45, 7) is 1.78. The van der Waals surface area contributed by atoms with Crippen LogP contribution in [0.2, 0.25) is 0 Å². The SMILES string of the molecule is COC(=O)CSP(=O)(NC(C)C(=O)OC(C)C)OC[C@H]1O[C@@H](N2C=CC(=O)CC2=O)[C@](C)(Cl)[C@@H]1O. The molecule has 2 aliphatic rings. The Morgan fingerprint density at radius 1 is 1.40 bits per heavy atom. The lowest BCUT2D eigenvalue weighted by Gasteiger charge is -2.34. The van der Waals surface area contributed by atoms with Crippen molar-refractivity contribution in [3.8, 4) is 0 Å². The van der Waals surface area contributed by atoms with Gasteiger partial charge in [-0.1, -0.05) is 0 Å². The van der Waals surface area contributed by atoms with E-state index >= 15 is 0 Å². The molecule has 198 valence electrons. The number of nitrogens with one attached hydrogen (secondary N) is 1. The van der Waals surface area contributed by atoms with Crippen LogP contribution in [0.3, 0.4) is 0 Å². The predicted molar refractivity (Wildman–Crippen MR) is 126 cm³/mol. The monoisotopic (exact) mass is 556 g/mol. The molecule has 1 fully saturated rings. The van der Waals surface area contributed by atoms with Crippen molar-refractivity contribution in [2.45, 2.75) is 69.6 Å². The van der Waals surface area contributed by atoms with Gasteiger partial charge in [0.05, 0.1) is 26.2 Å². The summed E-state index contributed by atoms with van der Waals surface area (Å²) in [5.41, 5.74) is 0. The largest absolute Gasteiger partial charge is 0.468 e. The summed E-state index contributed by atoms with van der Waals surface area (Å²) in [5, 5.41) is 13.3. The summed E-state index contributed by atoms with van der Waals surface area (Å²) in [4.78, 5) is 47.2. The molecule has 2 unspecified atom stereocenters. The van der Waals surface area contributed by atoms with Crippen molar-refractivity contribution >= 4 is 53.3 Å². The maximum absolute atomic E-state index is 13.5. The van der Waals surface area contributed by atoms with Crippen LogP contribution in [-0.2, 0) is 42.5 Å². The first-order chi connectivity index (χ1) is 16.2. The Balaban J connectivity index is 2.15. The lowest BCUT2D eigenvalue weighted by Crippen LogP contribution is -2.50. The van der Waals surface area contributed by atoms with Crippen LogP contribution >= 0.6 is 29.7 Å². The van der Waals surface area contributed by atoms with Gasteiger partial charge in [-0.3, -0.25) is 28.6 Å². The van der Waals surface area contributed by atoms with Crippen LogP contribution in [0.5, 0.6) is 0 Å². The molecule has 0 radical (unpaired) electrons. The van der Waals surface area contributed by atoms with Gasteiger partial charge >= 0.3 is 18.7 Å². The highest BCUT2D eigenvalue weighted by atomic mass is 35.5. The third-order valence-electron chi connectivity index (χ3n) is 5.05. The normalized spacial score (nSPS) is 29.3. The highest BCUT2D eigenvalue weighted by molar-refractivity contribution is 8.56. The van der Waals surface area contributed by atoms with Gasteiger partial charge in [0.2, 0.25) is 5.91 Å². The number of alkyl halides is 1. The molecular weight excluding hydrogens is 527 g/mol. The van der Waals surface area contributed by atoms with Crippen molar-refractivity contribution in [3.63, 3.8) is 0 Å². The average Bonchev–Trinajstić information content (AvgIpc) is 2.99. The van der Waals surface area contributed by atoms with Gasteiger partial charge in [0, 0.05) is 6.20 Å². The predicted octanol–water partition coefficient (Wildman–Crippen LogP) is 1.35. The summed E-state index contributed by atoms with van der Waals surface area (Å²) in [5.74, 6) is -2.63. The number of halogens is 1. The number of esters is 2. The molecule has 0 aromatic heterocycles. The molecule has 1 saturated heterocycles. The standard InChI is InChI=1S/C20H30ClN2O10PS/c1-11(2)32-18(28)12(3)22-34(29,35-10-16(26)30-5)31-9-14-17(27)20(4,21)19(33-14)23-7-6-13(24)8-15(23)25/h6-7,11-12,14,17,19,27H,8-10H2,1-5H3,(H,22,29)/t12?,14-,17-,19-,20-,34?/m1/s1. The van der Waals surface area contributed by atoms with E-state index in [9.17, 15) is 28.8 Å². The van der Waals surface area contributed by atoms with Gasteiger partial charge in [0.25, 0.3) is 0 Å². The van der Waals surface area contributed by atoms with E-state index in [1.165, 1.54) is 33.2 Å². The number of aliphatic hydroxyl groups is 1. The smallest absolute Gasteiger partial charge is 0.327 e. The fourth-order valence-corrected chi connectivity index (χ4v) is 6.98. The van der Waals surface area contributed by atoms with Crippen LogP contribution in [0.25, 0.3) is 0 Å². The van der Waals surface area contributed by atoms with Crippen molar-refractivity contribution in [3.05, 3.63) is 12.3 Å². The molecular formula is C20H30ClN2O10PS. The number of ketones is 1. The first kappa shape index (κ1) is 29.8. The molecule has 1 amide bonds. The van der Waals surface area contributed by atoms with Gasteiger partial charge in [0.1, 0.15) is 28.9 Å². The molecule has 0 bridgehead atoms. The Bertz CT molecular complexity index is 914. The van der Waals surface area contributed by atoms with Gasteiger partial charge in [-0.2, -0.15) is 0 Å². The highest BCUT2D eigenvalue weighted by Gasteiger charge is 2.56. The molecule has 2 rings (SSSR count). The van der Waals surface area contributed by atoms with Gasteiger partial charge in [-0.15, -0.1) is 11.6 Å². The maximum atomic E-state index is 13.5. The molecule has 2 aliphatic heterocycles. The van der Waals surface area contributed by atoms with Gasteiger partial charge < -0.3 is 23.8 Å². The summed E-state index contributed by atoms with van der Waals surface area (Å²) >= 11 is 7.10. The first-order valence-electron chi connectivity index (χ1n) is 10.7. The Morgan fingerprint density at radius 2 is 2.06 bits per heavy atom. The van der Waals surface area contributed by atoms with Gasteiger partial charge in [-0.25, -0.2) is 5.09 Å². The van der Waals surface area contributed by atoms with E-state index in [-0.39, 0.29) is 18.0 Å². The molecule has 35 heavy (non-hydrogen) atoms. The van der Waals surface area contributed by atoms with Crippen LogP contribution in [0, 0.1) is 0 Å². The number of carbonyl (C=O) groups is 4. The highest BCUT2D eigenvalue weighted by Crippen LogP contribution is 2.57. The Hall–Kier alpha value is -1.47. The second kappa shape index (κ2) is 12.2.